The van der Waals surface area contributed by atoms with Crippen LogP contribution in [0, 0.1) is 46.3 Å². The minimum Gasteiger partial charge on any atom is -0.446 e. The van der Waals surface area contributed by atoms with Crippen LogP contribution < -0.4 is 16.8 Å². The highest BCUT2D eigenvalue weighted by Gasteiger charge is 2.59. The second kappa shape index (κ2) is 12.2. The first-order valence-corrected chi connectivity index (χ1v) is 15.7. The molecule has 38 heavy (non-hydrogen) atoms. The summed E-state index contributed by atoms with van der Waals surface area (Å²) in [5.41, 5.74) is 13.1. The van der Waals surface area contributed by atoms with Gasteiger partial charge in [0.25, 0.3) is 0 Å². The Morgan fingerprint density at radius 1 is 1.08 bits per heavy atom. The number of nitrogens with zero attached hydrogens (tertiary/aromatic N) is 1. The smallest absolute Gasteiger partial charge is 0.407 e. The first kappa shape index (κ1) is 29.3. The van der Waals surface area contributed by atoms with Gasteiger partial charge in [-0.3, -0.25) is 4.99 Å². The number of rotatable bonds is 10. The van der Waals surface area contributed by atoms with Crippen LogP contribution >= 0.6 is 0 Å². The monoisotopic (exact) mass is 528 g/mol. The maximum Gasteiger partial charge on any atom is 0.407 e. The lowest BCUT2D eigenvalue weighted by atomic mass is 9.47. The number of nitrogens with two attached hydrogens (primary N) is 2. The molecule has 4 aliphatic rings. The van der Waals surface area contributed by atoms with Crippen molar-refractivity contribution in [3.05, 3.63) is 11.6 Å². The van der Waals surface area contributed by atoms with E-state index in [1.165, 1.54) is 51.4 Å². The summed E-state index contributed by atoms with van der Waals surface area (Å²) in [4.78, 5) is 16.3. The van der Waals surface area contributed by atoms with Crippen LogP contribution in [0.25, 0.3) is 0 Å². The summed E-state index contributed by atoms with van der Waals surface area (Å²) in [6.45, 7) is 13.5. The summed E-state index contributed by atoms with van der Waals surface area (Å²) >= 11 is 0. The van der Waals surface area contributed by atoms with Crippen LogP contribution in [0.3, 0.4) is 0 Å². The van der Waals surface area contributed by atoms with Crippen LogP contribution in [0.4, 0.5) is 4.79 Å². The molecule has 216 valence electrons. The SMILES string of the molecule is CC(C)CCC[C@@H](C)[C@H]1CC[C@H]2[C@@H]3CC=C4CC(OC(=O)NCCCN=C(N)N)CC[C@]4(C)[C@H]3CCC12C. The van der Waals surface area contributed by atoms with Crippen LogP contribution in [-0.2, 0) is 4.74 Å². The third-order valence-corrected chi connectivity index (χ3v) is 11.4. The number of allylic oxidation sites excluding steroid dienone is 1. The molecule has 8 atom stereocenters. The predicted octanol–water partition coefficient (Wildman–Crippen LogP) is 6.79. The van der Waals surface area contributed by atoms with Gasteiger partial charge in [0.2, 0.25) is 0 Å². The van der Waals surface area contributed by atoms with E-state index < -0.39 is 0 Å². The number of carbonyl (C=O) groups excluding carboxylic acids is 1. The number of amides is 1. The van der Waals surface area contributed by atoms with Crippen molar-refractivity contribution in [1.29, 1.82) is 0 Å². The largest absolute Gasteiger partial charge is 0.446 e. The highest BCUT2D eigenvalue weighted by molar-refractivity contribution is 5.75. The molecule has 6 heteroatoms. The Labute approximate surface area is 232 Å². The fourth-order valence-corrected chi connectivity index (χ4v) is 9.42. The number of ether oxygens (including phenoxy) is 1. The molecule has 0 aromatic heterocycles. The standard InChI is InChI=1S/C32H56N4O2/c1-21(2)8-6-9-22(3)26-12-13-27-25-11-10-23-20-24(38-30(37)36-19-7-18-35-29(33)34)14-16-31(23,4)28(25)15-17-32(26,27)5/h10,21-22,24-28H,6-9,11-20H2,1-5H3,(H,36,37)(H4,33,34,35)/t22-,24?,25+,26-,27+,28+,31+,32?/m1/s1. The summed E-state index contributed by atoms with van der Waals surface area (Å²) in [7, 11) is 0. The summed E-state index contributed by atoms with van der Waals surface area (Å²) < 4.78 is 5.85. The predicted molar refractivity (Wildman–Crippen MR) is 157 cm³/mol. The van der Waals surface area contributed by atoms with Gasteiger partial charge in [0, 0.05) is 19.5 Å². The van der Waals surface area contributed by atoms with Crippen molar-refractivity contribution in [1.82, 2.24) is 5.32 Å². The molecule has 3 fully saturated rings. The quantitative estimate of drug-likeness (QED) is 0.126. The number of alkyl carbamates (subject to hydrolysis) is 1. The van der Waals surface area contributed by atoms with Gasteiger partial charge in [-0.25, -0.2) is 4.79 Å². The van der Waals surface area contributed by atoms with Gasteiger partial charge in [-0.1, -0.05) is 65.5 Å². The Morgan fingerprint density at radius 3 is 2.61 bits per heavy atom. The molecule has 3 saturated carbocycles. The normalized spacial score (nSPS) is 36.9. The number of nitrogens with one attached hydrogen (secondary N) is 1. The fourth-order valence-electron chi connectivity index (χ4n) is 9.42. The lowest BCUT2D eigenvalue weighted by Crippen LogP contribution is -2.51. The molecule has 0 aromatic rings. The Morgan fingerprint density at radius 2 is 1.87 bits per heavy atom. The molecule has 1 amide bonds. The summed E-state index contributed by atoms with van der Waals surface area (Å²) in [6, 6.07) is 0. The third-order valence-electron chi connectivity index (χ3n) is 11.4. The summed E-state index contributed by atoms with van der Waals surface area (Å²) in [5, 5.41) is 2.86. The zero-order chi connectivity index (χ0) is 27.5. The van der Waals surface area contributed by atoms with Gasteiger partial charge in [0.05, 0.1) is 0 Å². The van der Waals surface area contributed by atoms with E-state index in [9.17, 15) is 4.79 Å². The van der Waals surface area contributed by atoms with E-state index in [1.54, 1.807) is 5.57 Å². The highest BCUT2D eigenvalue weighted by atomic mass is 16.6. The van der Waals surface area contributed by atoms with Crippen molar-refractivity contribution >= 4 is 12.1 Å². The third kappa shape index (κ3) is 6.20. The van der Waals surface area contributed by atoms with Gasteiger partial charge in [-0.15, -0.1) is 0 Å². The van der Waals surface area contributed by atoms with Crippen LogP contribution in [-0.4, -0.2) is 31.2 Å². The van der Waals surface area contributed by atoms with E-state index in [0.717, 1.165) is 54.8 Å². The molecule has 2 unspecified atom stereocenters. The van der Waals surface area contributed by atoms with Gasteiger partial charge < -0.3 is 21.5 Å². The second-order valence-corrected chi connectivity index (χ2v) is 14.1. The van der Waals surface area contributed by atoms with Crippen LogP contribution in [0.1, 0.15) is 112 Å². The number of fused-ring (bicyclic) bond motifs is 5. The molecule has 0 aliphatic heterocycles. The van der Waals surface area contributed by atoms with E-state index in [-0.39, 0.29) is 23.6 Å². The average molecular weight is 529 g/mol. The van der Waals surface area contributed by atoms with Crippen LogP contribution in [0.2, 0.25) is 0 Å². The zero-order valence-electron chi connectivity index (χ0n) is 24.9. The van der Waals surface area contributed by atoms with Crippen LogP contribution in [0.5, 0.6) is 0 Å². The van der Waals surface area contributed by atoms with Crippen molar-refractivity contribution in [3.8, 4) is 0 Å². The molecule has 0 radical (unpaired) electrons. The molecule has 0 spiro atoms. The molecule has 5 N–H and O–H groups in total. The van der Waals surface area contributed by atoms with Crippen molar-refractivity contribution in [3.63, 3.8) is 0 Å². The molecule has 4 rings (SSSR count). The fraction of sp³-hybridized carbons (Fsp3) is 0.875. The van der Waals surface area contributed by atoms with Crippen LogP contribution in [0.15, 0.2) is 16.6 Å². The topological polar surface area (TPSA) is 103 Å². The number of guanidine groups is 1. The van der Waals surface area contributed by atoms with Crippen molar-refractivity contribution in [2.75, 3.05) is 13.1 Å². The summed E-state index contributed by atoms with van der Waals surface area (Å²) in [5.74, 6) is 5.18. The van der Waals surface area contributed by atoms with Gasteiger partial charge in [-0.2, -0.15) is 0 Å². The lowest BCUT2D eigenvalue weighted by molar-refractivity contribution is -0.0581. The number of hydrogen-bond acceptors (Lipinski definition) is 3. The molecule has 0 bridgehead atoms. The van der Waals surface area contributed by atoms with Crippen molar-refractivity contribution in [2.24, 2.45) is 62.8 Å². The molecular formula is C32H56N4O2. The molecule has 0 aromatic carbocycles. The zero-order valence-corrected chi connectivity index (χ0v) is 24.9. The first-order valence-electron chi connectivity index (χ1n) is 15.7. The van der Waals surface area contributed by atoms with Gasteiger partial charge in [-0.05, 0) is 97.7 Å². The Kier molecular flexibility index (Phi) is 9.40. The van der Waals surface area contributed by atoms with E-state index in [0.29, 0.717) is 24.9 Å². The van der Waals surface area contributed by atoms with E-state index in [1.807, 2.05) is 0 Å². The van der Waals surface area contributed by atoms with Gasteiger partial charge in [0.15, 0.2) is 5.96 Å². The second-order valence-electron chi connectivity index (χ2n) is 14.1. The number of carbonyl (C=O) groups is 1. The molecular weight excluding hydrogens is 472 g/mol. The van der Waals surface area contributed by atoms with E-state index in [4.69, 9.17) is 16.2 Å². The lowest BCUT2D eigenvalue weighted by Gasteiger charge is -2.58. The summed E-state index contributed by atoms with van der Waals surface area (Å²) in [6.07, 6.45) is 17.0. The van der Waals surface area contributed by atoms with Crippen molar-refractivity contribution in [2.45, 2.75) is 118 Å². The number of hydrogen-bond donors (Lipinski definition) is 3. The maximum atomic E-state index is 12.4. The number of aliphatic imine (C=N–C) groups is 1. The Balaban J connectivity index is 1.33. The minimum absolute atomic E-state index is 0.0139. The first-order chi connectivity index (χ1) is 18.0. The van der Waals surface area contributed by atoms with Gasteiger partial charge in [0.1, 0.15) is 6.10 Å². The molecule has 0 saturated heterocycles. The highest BCUT2D eigenvalue weighted by Crippen LogP contribution is 2.67. The van der Waals surface area contributed by atoms with E-state index in [2.05, 4.69) is 51.0 Å². The Bertz CT molecular complexity index is 881. The van der Waals surface area contributed by atoms with E-state index >= 15 is 0 Å². The molecule has 0 heterocycles. The molecule has 6 nitrogen and oxygen atoms in total. The van der Waals surface area contributed by atoms with Crippen molar-refractivity contribution < 1.29 is 9.53 Å². The average Bonchev–Trinajstić information content (AvgIpc) is 3.21. The minimum atomic E-state index is -0.314. The molecule has 4 aliphatic carbocycles. The van der Waals surface area contributed by atoms with Gasteiger partial charge >= 0.3 is 6.09 Å². The Hall–Kier alpha value is -1.72. The maximum absolute atomic E-state index is 12.4.